The van der Waals surface area contributed by atoms with Gasteiger partial charge in [-0.2, -0.15) is 0 Å². The Morgan fingerprint density at radius 1 is 1.30 bits per heavy atom. The zero-order chi connectivity index (χ0) is 15.9. The van der Waals surface area contributed by atoms with Gasteiger partial charge >= 0.3 is 0 Å². The minimum atomic E-state index is 0. The van der Waals surface area contributed by atoms with Crippen LogP contribution in [0, 0.1) is 0 Å². The summed E-state index contributed by atoms with van der Waals surface area (Å²) in [6, 6.07) is 7.28. The number of Topliss-reactive ketones (excluding diaryl/α,β-unsaturated/α-hetero) is 1. The third-order valence-electron chi connectivity index (χ3n) is 4.03. The number of carbonyl (C=O) groups excluding carboxylic acids is 2. The Morgan fingerprint density at radius 3 is 2.61 bits per heavy atom. The molecule has 1 unspecified atom stereocenters. The third-order valence-corrected chi connectivity index (χ3v) is 4.03. The first-order valence-corrected chi connectivity index (χ1v) is 7.85. The summed E-state index contributed by atoms with van der Waals surface area (Å²) in [6.45, 7) is 3.40. The van der Waals surface area contributed by atoms with Crippen LogP contribution in [0.25, 0.3) is 0 Å². The summed E-state index contributed by atoms with van der Waals surface area (Å²) >= 11 is 0. The number of rotatable bonds is 7. The van der Waals surface area contributed by atoms with Crippen LogP contribution < -0.4 is 10.5 Å². The van der Waals surface area contributed by atoms with Gasteiger partial charge in [0.05, 0.1) is 6.61 Å². The molecule has 0 aromatic heterocycles. The van der Waals surface area contributed by atoms with Crippen LogP contribution in [0.15, 0.2) is 24.3 Å². The highest BCUT2D eigenvalue weighted by molar-refractivity contribution is 5.94. The largest absolute Gasteiger partial charge is 0.494 e. The number of nitrogens with two attached hydrogens (primary N) is 1. The number of benzene rings is 1. The van der Waals surface area contributed by atoms with Crippen molar-refractivity contribution in [3.8, 4) is 5.75 Å². The maximum Gasteiger partial charge on any atom is 0.222 e. The van der Waals surface area contributed by atoms with Crippen LogP contribution in [0.5, 0.6) is 5.75 Å². The second kappa shape index (κ2) is 9.53. The Hall–Kier alpha value is -1.59. The Morgan fingerprint density at radius 2 is 2.00 bits per heavy atom. The molecule has 128 valence electrons. The van der Waals surface area contributed by atoms with E-state index in [1.165, 1.54) is 6.92 Å². The molecule has 1 aliphatic heterocycles. The van der Waals surface area contributed by atoms with E-state index in [-0.39, 0.29) is 30.1 Å². The van der Waals surface area contributed by atoms with Crippen molar-refractivity contribution in [1.82, 2.24) is 4.90 Å². The number of amides is 1. The number of halogens is 1. The molecule has 0 bridgehead atoms. The number of ether oxygens (including phenoxy) is 1. The van der Waals surface area contributed by atoms with Crippen molar-refractivity contribution in [2.45, 2.75) is 38.6 Å². The van der Waals surface area contributed by atoms with Crippen molar-refractivity contribution < 1.29 is 14.3 Å². The van der Waals surface area contributed by atoms with Crippen LogP contribution in [0.4, 0.5) is 0 Å². The minimum Gasteiger partial charge on any atom is -0.494 e. The summed E-state index contributed by atoms with van der Waals surface area (Å²) in [7, 11) is 0. The summed E-state index contributed by atoms with van der Waals surface area (Å²) in [5.41, 5.74) is 6.35. The summed E-state index contributed by atoms with van der Waals surface area (Å²) in [6.07, 6.45) is 3.23. The van der Waals surface area contributed by atoms with Crippen molar-refractivity contribution in [1.29, 1.82) is 0 Å². The maximum atomic E-state index is 12.1. The third kappa shape index (κ3) is 5.52. The average molecular weight is 341 g/mol. The van der Waals surface area contributed by atoms with Crippen LogP contribution >= 0.6 is 12.4 Å². The molecular weight excluding hydrogens is 316 g/mol. The van der Waals surface area contributed by atoms with Crippen molar-refractivity contribution >= 4 is 24.1 Å². The number of ketones is 1. The minimum absolute atomic E-state index is 0. The number of hydrogen-bond donors (Lipinski definition) is 1. The summed E-state index contributed by atoms with van der Waals surface area (Å²) in [4.78, 5) is 25.2. The van der Waals surface area contributed by atoms with Crippen molar-refractivity contribution in [2.24, 2.45) is 5.73 Å². The fourth-order valence-electron chi connectivity index (χ4n) is 2.75. The molecule has 0 saturated carbocycles. The molecule has 2 rings (SSSR count). The SMILES string of the molecule is CC(=O)c1ccc(OCCCC(=O)N2CCCC2CN)cc1.Cl. The Balaban J connectivity index is 0.00000264. The summed E-state index contributed by atoms with van der Waals surface area (Å²) < 4.78 is 5.60. The predicted octanol–water partition coefficient (Wildman–Crippen LogP) is 2.42. The lowest BCUT2D eigenvalue weighted by Crippen LogP contribution is -2.39. The molecule has 2 N–H and O–H groups in total. The van der Waals surface area contributed by atoms with Crippen molar-refractivity contribution in [3.05, 3.63) is 29.8 Å². The smallest absolute Gasteiger partial charge is 0.222 e. The first-order chi connectivity index (χ1) is 10.6. The molecule has 0 radical (unpaired) electrons. The molecule has 23 heavy (non-hydrogen) atoms. The Bertz CT molecular complexity index is 519. The first-order valence-electron chi connectivity index (χ1n) is 7.85. The molecule has 5 nitrogen and oxygen atoms in total. The topological polar surface area (TPSA) is 72.6 Å². The zero-order valence-corrected chi connectivity index (χ0v) is 14.3. The van der Waals surface area contributed by atoms with E-state index < -0.39 is 0 Å². The van der Waals surface area contributed by atoms with Gasteiger partial charge < -0.3 is 15.4 Å². The van der Waals surface area contributed by atoms with E-state index in [2.05, 4.69) is 0 Å². The lowest BCUT2D eigenvalue weighted by molar-refractivity contribution is -0.132. The van der Waals surface area contributed by atoms with E-state index >= 15 is 0 Å². The predicted molar refractivity (Wildman–Crippen MR) is 92.2 cm³/mol. The monoisotopic (exact) mass is 340 g/mol. The number of nitrogens with zero attached hydrogens (tertiary/aromatic N) is 1. The molecule has 1 saturated heterocycles. The van der Waals surface area contributed by atoms with E-state index in [4.69, 9.17) is 10.5 Å². The van der Waals surface area contributed by atoms with Gasteiger partial charge in [0.15, 0.2) is 5.78 Å². The fourth-order valence-corrected chi connectivity index (χ4v) is 2.75. The molecule has 6 heteroatoms. The molecular formula is C17H25ClN2O3. The lowest BCUT2D eigenvalue weighted by atomic mass is 10.1. The number of carbonyl (C=O) groups is 2. The van der Waals surface area contributed by atoms with E-state index in [1.54, 1.807) is 24.3 Å². The molecule has 0 aliphatic carbocycles. The van der Waals surface area contributed by atoms with E-state index in [9.17, 15) is 9.59 Å². The van der Waals surface area contributed by atoms with Crippen LogP contribution in [0.2, 0.25) is 0 Å². The highest BCUT2D eigenvalue weighted by atomic mass is 35.5. The summed E-state index contributed by atoms with van der Waals surface area (Å²) in [5, 5.41) is 0. The second-order valence-corrected chi connectivity index (χ2v) is 5.65. The molecule has 1 heterocycles. The molecule has 1 aromatic rings. The van der Waals surface area contributed by atoms with Crippen LogP contribution in [-0.4, -0.2) is 42.3 Å². The van der Waals surface area contributed by atoms with Gasteiger partial charge in [-0.1, -0.05) is 0 Å². The second-order valence-electron chi connectivity index (χ2n) is 5.65. The normalized spacial score (nSPS) is 16.8. The molecule has 1 aliphatic rings. The molecule has 1 fully saturated rings. The quantitative estimate of drug-likeness (QED) is 0.611. The zero-order valence-electron chi connectivity index (χ0n) is 13.5. The molecule has 1 amide bonds. The highest BCUT2D eigenvalue weighted by Gasteiger charge is 2.26. The van der Waals surface area contributed by atoms with Crippen molar-refractivity contribution in [3.63, 3.8) is 0 Å². The van der Waals surface area contributed by atoms with E-state index in [0.29, 0.717) is 31.6 Å². The van der Waals surface area contributed by atoms with Gasteiger partial charge in [0.2, 0.25) is 5.91 Å². The standard InChI is InChI=1S/C17H24N2O3.ClH/c1-13(20)14-6-8-16(9-7-14)22-11-3-5-17(21)19-10-2-4-15(19)12-18;/h6-9,15H,2-5,10-12,18H2,1H3;1H. The molecule has 1 atom stereocenters. The van der Waals surface area contributed by atoms with Gasteiger partial charge in [0.25, 0.3) is 0 Å². The highest BCUT2D eigenvalue weighted by Crippen LogP contribution is 2.18. The Kier molecular flexibility index (Phi) is 8.06. The van der Waals surface area contributed by atoms with E-state index in [0.717, 1.165) is 25.1 Å². The van der Waals surface area contributed by atoms with Crippen LogP contribution in [-0.2, 0) is 4.79 Å². The van der Waals surface area contributed by atoms with Gasteiger partial charge in [-0.05, 0) is 50.5 Å². The van der Waals surface area contributed by atoms with Gasteiger partial charge in [-0.3, -0.25) is 9.59 Å². The van der Waals surface area contributed by atoms with Crippen LogP contribution in [0.3, 0.4) is 0 Å². The number of hydrogen-bond acceptors (Lipinski definition) is 4. The van der Waals surface area contributed by atoms with E-state index in [1.807, 2.05) is 4.90 Å². The molecule has 0 spiro atoms. The summed E-state index contributed by atoms with van der Waals surface area (Å²) in [5.74, 6) is 0.930. The molecule has 1 aromatic carbocycles. The van der Waals surface area contributed by atoms with Gasteiger partial charge in [0, 0.05) is 31.1 Å². The Labute approximate surface area is 143 Å². The first kappa shape index (κ1) is 19.5. The average Bonchev–Trinajstić information content (AvgIpc) is 3.00. The van der Waals surface area contributed by atoms with Crippen molar-refractivity contribution in [2.75, 3.05) is 19.7 Å². The fraction of sp³-hybridized carbons (Fsp3) is 0.529. The lowest BCUT2D eigenvalue weighted by Gasteiger charge is -2.23. The van der Waals surface area contributed by atoms with Gasteiger partial charge in [-0.25, -0.2) is 0 Å². The number of likely N-dealkylation sites (tertiary alicyclic amines) is 1. The maximum absolute atomic E-state index is 12.1. The van der Waals surface area contributed by atoms with Gasteiger partial charge in [-0.15, -0.1) is 12.4 Å². The van der Waals surface area contributed by atoms with Gasteiger partial charge in [0.1, 0.15) is 5.75 Å². The van der Waals surface area contributed by atoms with Crippen LogP contribution in [0.1, 0.15) is 43.0 Å².